The summed E-state index contributed by atoms with van der Waals surface area (Å²) in [6, 6.07) is 13.9. The van der Waals surface area contributed by atoms with Crippen LogP contribution >= 0.6 is 0 Å². The van der Waals surface area contributed by atoms with Gasteiger partial charge in [-0.2, -0.15) is 0 Å². The first-order valence-electron chi connectivity index (χ1n) is 7.11. The highest BCUT2D eigenvalue weighted by Gasteiger charge is 2.11. The van der Waals surface area contributed by atoms with Crippen LogP contribution in [0.2, 0.25) is 0 Å². The predicted molar refractivity (Wildman–Crippen MR) is 81.8 cm³/mol. The molecule has 0 amide bonds. The highest BCUT2D eigenvalue weighted by atomic mass is 16.5. The van der Waals surface area contributed by atoms with Crippen LogP contribution in [-0.4, -0.2) is 24.8 Å². The largest absolute Gasteiger partial charge is 0.453 e. The summed E-state index contributed by atoms with van der Waals surface area (Å²) in [5.41, 5.74) is 2.77. The van der Waals surface area contributed by atoms with E-state index in [1.54, 1.807) is 4.40 Å². The van der Waals surface area contributed by atoms with Gasteiger partial charge in [-0.15, -0.1) is 15.3 Å². The van der Waals surface area contributed by atoms with Gasteiger partial charge in [0, 0.05) is 11.8 Å². The first-order chi connectivity index (χ1) is 11.3. The van der Waals surface area contributed by atoms with Crippen LogP contribution in [-0.2, 0) is 6.61 Å². The maximum Gasteiger partial charge on any atom is 0.322 e. The Bertz CT molecular complexity index is 942. The third kappa shape index (κ3) is 2.64. The number of ether oxygens (including phenoxy) is 1. The maximum absolute atomic E-state index is 5.62. The highest BCUT2D eigenvalue weighted by Crippen LogP contribution is 2.19. The summed E-state index contributed by atoms with van der Waals surface area (Å²) in [6.45, 7) is 2.16. The third-order valence-corrected chi connectivity index (χ3v) is 3.37. The van der Waals surface area contributed by atoms with Gasteiger partial charge in [-0.25, -0.2) is 0 Å². The molecule has 3 heterocycles. The summed E-state index contributed by atoms with van der Waals surface area (Å²) >= 11 is 0. The van der Waals surface area contributed by atoms with E-state index in [2.05, 4.69) is 20.4 Å². The SMILES string of the molecule is Cc1ccc(-c2nnc(COc3nnc4ccccn34)o2)cc1. The van der Waals surface area contributed by atoms with Crippen LogP contribution in [0.15, 0.2) is 53.1 Å². The van der Waals surface area contributed by atoms with Crippen LogP contribution < -0.4 is 4.74 Å². The summed E-state index contributed by atoms with van der Waals surface area (Å²) in [7, 11) is 0. The molecule has 0 spiro atoms. The van der Waals surface area contributed by atoms with Crippen molar-refractivity contribution in [1.29, 1.82) is 0 Å². The second kappa shape index (κ2) is 5.53. The summed E-state index contributed by atoms with van der Waals surface area (Å²) in [5.74, 6) is 0.850. The molecular formula is C16H13N5O2. The third-order valence-electron chi connectivity index (χ3n) is 3.37. The molecule has 4 aromatic rings. The number of fused-ring (bicyclic) bond motifs is 1. The molecule has 7 nitrogen and oxygen atoms in total. The van der Waals surface area contributed by atoms with E-state index in [9.17, 15) is 0 Å². The number of aryl methyl sites for hydroxylation is 1. The lowest BCUT2D eigenvalue weighted by atomic mass is 10.1. The number of hydrogen-bond donors (Lipinski definition) is 0. The van der Waals surface area contributed by atoms with E-state index in [1.165, 1.54) is 5.56 Å². The average Bonchev–Trinajstić information content (AvgIpc) is 3.20. The topological polar surface area (TPSA) is 78.3 Å². The second-order valence-corrected chi connectivity index (χ2v) is 5.07. The fraction of sp³-hybridized carbons (Fsp3) is 0.125. The smallest absolute Gasteiger partial charge is 0.322 e. The Labute approximate surface area is 131 Å². The van der Waals surface area contributed by atoms with Crippen LogP contribution in [0, 0.1) is 6.92 Å². The molecule has 1 aromatic carbocycles. The molecule has 23 heavy (non-hydrogen) atoms. The summed E-state index contributed by atoms with van der Waals surface area (Å²) < 4.78 is 13.0. The molecule has 0 atom stereocenters. The molecule has 0 saturated carbocycles. The Morgan fingerprint density at radius 1 is 1.00 bits per heavy atom. The molecule has 0 radical (unpaired) electrons. The van der Waals surface area contributed by atoms with Crippen LogP contribution in [0.5, 0.6) is 6.01 Å². The van der Waals surface area contributed by atoms with E-state index in [0.717, 1.165) is 5.56 Å². The maximum atomic E-state index is 5.62. The lowest BCUT2D eigenvalue weighted by Gasteiger charge is -2.00. The van der Waals surface area contributed by atoms with Gasteiger partial charge in [-0.3, -0.25) is 4.40 Å². The van der Waals surface area contributed by atoms with E-state index >= 15 is 0 Å². The van der Waals surface area contributed by atoms with Crippen molar-refractivity contribution >= 4 is 5.65 Å². The highest BCUT2D eigenvalue weighted by molar-refractivity contribution is 5.52. The molecule has 0 aliphatic carbocycles. The Balaban J connectivity index is 1.51. The first kappa shape index (κ1) is 13.4. The number of pyridine rings is 1. The zero-order chi connectivity index (χ0) is 15.6. The molecule has 0 aliphatic rings. The minimum Gasteiger partial charge on any atom is -0.453 e. The van der Waals surface area contributed by atoms with Gasteiger partial charge in [0.15, 0.2) is 12.3 Å². The zero-order valence-corrected chi connectivity index (χ0v) is 12.4. The second-order valence-electron chi connectivity index (χ2n) is 5.07. The quantitative estimate of drug-likeness (QED) is 0.577. The lowest BCUT2D eigenvalue weighted by molar-refractivity contribution is 0.242. The Morgan fingerprint density at radius 3 is 2.74 bits per heavy atom. The van der Waals surface area contributed by atoms with Crippen molar-refractivity contribution in [1.82, 2.24) is 24.8 Å². The standard InChI is InChI=1S/C16H13N5O2/c1-11-5-7-12(8-6-11)15-19-18-14(23-15)10-22-16-20-17-13-4-2-3-9-21(13)16/h2-9H,10H2,1H3. The number of aromatic nitrogens is 5. The van der Waals surface area contributed by atoms with Gasteiger partial charge in [-0.05, 0) is 31.2 Å². The van der Waals surface area contributed by atoms with Gasteiger partial charge in [0.25, 0.3) is 5.89 Å². The molecule has 7 heteroatoms. The van der Waals surface area contributed by atoms with Crippen molar-refractivity contribution in [3.8, 4) is 17.5 Å². The molecule has 0 fully saturated rings. The van der Waals surface area contributed by atoms with E-state index < -0.39 is 0 Å². The minimum absolute atomic E-state index is 0.133. The van der Waals surface area contributed by atoms with Gasteiger partial charge < -0.3 is 9.15 Å². The monoisotopic (exact) mass is 307 g/mol. The minimum atomic E-state index is 0.133. The Morgan fingerprint density at radius 2 is 1.87 bits per heavy atom. The van der Waals surface area contributed by atoms with E-state index in [4.69, 9.17) is 9.15 Å². The van der Waals surface area contributed by atoms with Crippen molar-refractivity contribution in [3.63, 3.8) is 0 Å². The lowest BCUT2D eigenvalue weighted by Crippen LogP contribution is -1.99. The predicted octanol–water partition coefficient (Wildman–Crippen LogP) is 2.67. The Hall–Kier alpha value is -3.22. The van der Waals surface area contributed by atoms with Gasteiger partial charge in [0.05, 0.1) is 0 Å². The van der Waals surface area contributed by atoms with E-state index in [0.29, 0.717) is 23.4 Å². The summed E-state index contributed by atoms with van der Waals surface area (Å²) in [4.78, 5) is 0. The molecule has 0 aliphatic heterocycles. The molecule has 3 aromatic heterocycles. The Kier molecular flexibility index (Phi) is 3.23. The molecular weight excluding hydrogens is 294 g/mol. The zero-order valence-electron chi connectivity index (χ0n) is 12.4. The van der Waals surface area contributed by atoms with E-state index in [-0.39, 0.29) is 6.61 Å². The van der Waals surface area contributed by atoms with E-state index in [1.807, 2.05) is 55.6 Å². The summed E-state index contributed by atoms with van der Waals surface area (Å²) in [6.07, 6.45) is 1.83. The number of nitrogens with zero attached hydrogens (tertiary/aromatic N) is 5. The van der Waals surface area contributed by atoms with Gasteiger partial charge in [0.2, 0.25) is 5.89 Å². The molecule has 0 N–H and O–H groups in total. The molecule has 114 valence electrons. The number of rotatable bonds is 4. The van der Waals surface area contributed by atoms with Crippen molar-refractivity contribution in [2.45, 2.75) is 13.5 Å². The molecule has 0 bridgehead atoms. The van der Waals surface area contributed by atoms with Crippen LogP contribution in [0.3, 0.4) is 0 Å². The van der Waals surface area contributed by atoms with Crippen LogP contribution in [0.1, 0.15) is 11.5 Å². The average molecular weight is 307 g/mol. The van der Waals surface area contributed by atoms with Gasteiger partial charge >= 0.3 is 6.01 Å². The fourth-order valence-corrected chi connectivity index (χ4v) is 2.17. The molecule has 0 saturated heterocycles. The number of hydrogen-bond acceptors (Lipinski definition) is 6. The van der Waals surface area contributed by atoms with Crippen molar-refractivity contribution in [3.05, 3.63) is 60.1 Å². The van der Waals surface area contributed by atoms with Gasteiger partial charge in [-0.1, -0.05) is 28.9 Å². The molecule has 4 rings (SSSR count). The van der Waals surface area contributed by atoms with Crippen molar-refractivity contribution in [2.24, 2.45) is 0 Å². The first-order valence-corrected chi connectivity index (χ1v) is 7.11. The van der Waals surface area contributed by atoms with Crippen molar-refractivity contribution in [2.75, 3.05) is 0 Å². The van der Waals surface area contributed by atoms with Gasteiger partial charge in [0.1, 0.15) is 0 Å². The fourth-order valence-electron chi connectivity index (χ4n) is 2.17. The van der Waals surface area contributed by atoms with Crippen LogP contribution in [0.4, 0.5) is 0 Å². The summed E-state index contributed by atoms with van der Waals surface area (Å²) in [5, 5.41) is 16.0. The number of benzene rings is 1. The normalized spacial score (nSPS) is 11.0. The van der Waals surface area contributed by atoms with Crippen LogP contribution in [0.25, 0.3) is 17.1 Å². The molecule has 0 unspecified atom stereocenters. The van der Waals surface area contributed by atoms with Crippen molar-refractivity contribution < 1.29 is 9.15 Å².